The number of morpholine rings is 1. The molecule has 4 rings (SSSR count). The normalized spacial score (nSPS) is 20.6. The van der Waals surface area contributed by atoms with Gasteiger partial charge in [-0.1, -0.05) is 22.0 Å². The van der Waals surface area contributed by atoms with Crippen LogP contribution in [0.3, 0.4) is 0 Å². The van der Waals surface area contributed by atoms with Gasteiger partial charge in [0, 0.05) is 47.3 Å². The van der Waals surface area contributed by atoms with E-state index in [0.717, 1.165) is 0 Å². The van der Waals surface area contributed by atoms with Crippen LogP contribution in [0.25, 0.3) is 0 Å². The van der Waals surface area contributed by atoms with Crippen LogP contribution in [0.4, 0.5) is 4.39 Å². The average Bonchev–Trinajstić information content (AvgIpc) is 3.38. The maximum Gasteiger partial charge on any atom is 0.338 e. The lowest BCUT2D eigenvalue weighted by Crippen LogP contribution is -2.49. The molecule has 0 saturated carbocycles. The number of halogens is 2. The molecule has 2 aliphatic heterocycles. The number of nitrogens with zero attached hydrogens (tertiary/aromatic N) is 3. The second-order valence-corrected chi connectivity index (χ2v) is 10.0. The number of esters is 1. The number of hydrogen-bond donors (Lipinski definition) is 2. The third kappa shape index (κ3) is 6.17. The van der Waals surface area contributed by atoms with Gasteiger partial charge in [0.1, 0.15) is 11.9 Å². The highest BCUT2D eigenvalue weighted by Crippen LogP contribution is 2.37. The molecule has 1 fully saturated rings. The summed E-state index contributed by atoms with van der Waals surface area (Å²) in [6.45, 7) is 3.68. The minimum absolute atomic E-state index is 0.0126. The summed E-state index contributed by atoms with van der Waals surface area (Å²) in [5.74, 6) is -1.33. The van der Waals surface area contributed by atoms with Gasteiger partial charge in [0.05, 0.1) is 25.4 Å². The Morgan fingerprint density at radius 3 is 2.94 bits per heavy atom. The number of aromatic nitrogens is 1. The van der Waals surface area contributed by atoms with Crippen LogP contribution < -0.4 is 5.32 Å². The highest BCUT2D eigenvalue weighted by atomic mass is 79.9. The zero-order valence-electron chi connectivity index (χ0n) is 19.6. The molecule has 0 aliphatic carbocycles. The predicted molar refractivity (Wildman–Crippen MR) is 135 cm³/mol. The fourth-order valence-corrected chi connectivity index (χ4v) is 5.38. The van der Waals surface area contributed by atoms with Gasteiger partial charge in [-0.15, -0.1) is 11.3 Å². The standard InChI is InChI=1S/C24H26BrFN4O5S/c1-2-35-24(33)20-18(12-30-8-9-34-13-15(30)4-6-19(31)32)28-22(23-27-7-10-36-23)29-21(20)16-5-3-14(26)11-17(16)25/h3,5,7,10-11,15,21H,2,4,6,8-9,12-13H2,1H3,(H,28,29)(H,31,32)/t15?,21-/m0/s1. The Balaban J connectivity index is 1.78. The average molecular weight is 581 g/mol. The summed E-state index contributed by atoms with van der Waals surface area (Å²) >= 11 is 4.83. The molecule has 2 aliphatic rings. The van der Waals surface area contributed by atoms with E-state index >= 15 is 0 Å². The van der Waals surface area contributed by atoms with Gasteiger partial charge in [0.2, 0.25) is 0 Å². The van der Waals surface area contributed by atoms with Crippen molar-refractivity contribution in [2.24, 2.45) is 4.99 Å². The molecule has 12 heteroatoms. The van der Waals surface area contributed by atoms with Crippen molar-refractivity contribution in [3.05, 3.63) is 61.9 Å². The van der Waals surface area contributed by atoms with Crippen molar-refractivity contribution in [2.45, 2.75) is 31.8 Å². The third-order valence-corrected chi connectivity index (χ3v) is 7.38. The number of carbonyl (C=O) groups excluding carboxylic acids is 1. The molecule has 192 valence electrons. The second kappa shape index (κ2) is 12.0. The van der Waals surface area contributed by atoms with Gasteiger partial charge in [-0.2, -0.15) is 0 Å². The Bertz CT molecular complexity index is 1170. The van der Waals surface area contributed by atoms with E-state index in [2.05, 4.69) is 31.1 Å². The number of thiazole rings is 1. The summed E-state index contributed by atoms with van der Waals surface area (Å²) in [6, 6.07) is 3.35. The van der Waals surface area contributed by atoms with E-state index in [-0.39, 0.29) is 19.1 Å². The number of ether oxygens (including phenoxy) is 2. The largest absolute Gasteiger partial charge is 0.481 e. The molecular weight excluding hydrogens is 555 g/mol. The zero-order valence-corrected chi connectivity index (χ0v) is 22.0. The molecule has 2 N–H and O–H groups in total. The molecule has 1 aromatic heterocycles. The molecule has 2 atom stereocenters. The molecule has 0 bridgehead atoms. The van der Waals surface area contributed by atoms with E-state index in [1.165, 1.54) is 23.5 Å². The quantitative estimate of drug-likeness (QED) is 0.433. The van der Waals surface area contributed by atoms with E-state index in [1.807, 2.05) is 5.38 Å². The topological polar surface area (TPSA) is 113 Å². The van der Waals surface area contributed by atoms with Crippen molar-refractivity contribution >= 4 is 45.0 Å². The summed E-state index contributed by atoms with van der Waals surface area (Å²) in [7, 11) is 0. The fraction of sp³-hybridized carbons (Fsp3) is 0.417. The minimum Gasteiger partial charge on any atom is -0.481 e. The third-order valence-electron chi connectivity index (χ3n) is 5.92. The van der Waals surface area contributed by atoms with Crippen LogP contribution in [0.2, 0.25) is 0 Å². The lowest BCUT2D eigenvalue weighted by molar-refractivity contribution is -0.139. The van der Waals surface area contributed by atoms with E-state index in [1.54, 1.807) is 19.2 Å². The van der Waals surface area contributed by atoms with Crippen molar-refractivity contribution in [1.29, 1.82) is 0 Å². The molecule has 1 unspecified atom stereocenters. The van der Waals surface area contributed by atoms with Gasteiger partial charge in [0.25, 0.3) is 0 Å². The maximum atomic E-state index is 13.9. The smallest absolute Gasteiger partial charge is 0.338 e. The lowest BCUT2D eigenvalue weighted by Gasteiger charge is -2.37. The van der Waals surface area contributed by atoms with Crippen molar-refractivity contribution in [3.63, 3.8) is 0 Å². The molecule has 0 radical (unpaired) electrons. The SMILES string of the molecule is CCOC(=O)C1=C(CN2CCOCC2CCC(=O)O)NC(c2nccs2)=N[C@H]1c1ccc(F)cc1Br. The monoisotopic (exact) mass is 580 g/mol. The van der Waals surface area contributed by atoms with E-state index < -0.39 is 23.8 Å². The van der Waals surface area contributed by atoms with Crippen molar-refractivity contribution in [2.75, 3.05) is 32.9 Å². The van der Waals surface area contributed by atoms with Crippen molar-refractivity contribution in [3.8, 4) is 0 Å². The number of aliphatic imine (C=N–C) groups is 1. The van der Waals surface area contributed by atoms with Gasteiger partial charge < -0.3 is 19.9 Å². The number of aliphatic carboxylic acids is 1. The molecule has 3 heterocycles. The minimum atomic E-state index is -0.873. The number of carbonyl (C=O) groups is 2. The molecule has 1 aromatic carbocycles. The predicted octanol–water partition coefficient (Wildman–Crippen LogP) is 3.52. The van der Waals surface area contributed by atoms with Crippen LogP contribution in [-0.4, -0.2) is 71.7 Å². The van der Waals surface area contributed by atoms with Gasteiger partial charge in [-0.25, -0.2) is 14.2 Å². The number of benzene rings is 1. The van der Waals surface area contributed by atoms with Crippen LogP contribution in [0.5, 0.6) is 0 Å². The number of carboxylic acid groups (broad SMARTS) is 1. The molecular formula is C24H26BrFN4O5S. The highest BCUT2D eigenvalue weighted by Gasteiger charge is 2.36. The van der Waals surface area contributed by atoms with Crippen LogP contribution in [0, 0.1) is 5.82 Å². The van der Waals surface area contributed by atoms with Gasteiger partial charge >= 0.3 is 11.9 Å². The fourth-order valence-electron chi connectivity index (χ4n) is 4.22. The Morgan fingerprint density at radius 1 is 1.42 bits per heavy atom. The molecule has 2 aromatic rings. The van der Waals surface area contributed by atoms with E-state index in [9.17, 15) is 19.1 Å². The highest BCUT2D eigenvalue weighted by molar-refractivity contribution is 9.10. The summed E-state index contributed by atoms with van der Waals surface area (Å²) in [5.41, 5.74) is 1.50. The van der Waals surface area contributed by atoms with Crippen molar-refractivity contribution in [1.82, 2.24) is 15.2 Å². The molecule has 9 nitrogen and oxygen atoms in total. The van der Waals surface area contributed by atoms with Gasteiger partial charge in [0.15, 0.2) is 10.8 Å². The Morgan fingerprint density at radius 2 is 2.25 bits per heavy atom. The summed E-state index contributed by atoms with van der Waals surface area (Å²) in [4.78, 5) is 35.8. The first kappa shape index (κ1) is 26.4. The molecule has 0 spiro atoms. The number of carboxylic acids is 1. The Hall–Kier alpha value is -2.67. The van der Waals surface area contributed by atoms with Gasteiger partial charge in [-0.3, -0.25) is 14.7 Å². The maximum absolute atomic E-state index is 13.9. The summed E-state index contributed by atoms with van der Waals surface area (Å²) in [5, 5.41) is 14.9. The Labute approximate surface area is 220 Å². The Kier molecular flexibility index (Phi) is 8.83. The van der Waals surface area contributed by atoms with Crippen LogP contribution >= 0.6 is 27.3 Å². The zero-order chi connectivity index (χ0) is 25.7. The number of amidine groups is 1. The van der Waals surface area contributed by atoms with E-state index in [4.69, 9.17) is 14.5 Å². The van der Waals surface area contributed by atoms with Crippen molar-refractivity contribution < 1.29 is 28.6 Å². The van der Waals surface area contributed by atoms with Crippen LogP contribution in [-0.2, 0) is 19.1 Å². The molecule has 1 saturated heterocycles. The molecule has 36 heavy (non-hydrogen) atoms. The lowest BCUT2D eigenvalue weighted by atomic mass is 9.95. The van der Waals surface area contributed by atoms with Crippen LogP contribution in [0.1, 0.15) is 36.4 Å². The first-order valence-corrected chi connectivity index (χ1v) is 13.2. The number of rotatable bonds is 9. The summed E-state index contributed by atoms with van der Waals surface area (Å²) in [6.07, 6.45) is 2.09. The first-order chi connectivity index (χ1) is 17.4. The van der Waals surface area contributed by atoms with E-state index in [0.29, 0.717) is 64.9 Å². The number of hydrogen-bond acceptors (Lipinski definition) is 9. The van der Waals surface area contributed by atoms with Gasteiger partial charge in [-0.05, 0) is 31.0 Å². The number of nitrogens with one attached hydrogen (secondary N) is 1. The second-order valence-electron chi connectivity index (χ2n) is 8.25. The summed E-state index contributed by atoms with van der Waals surface area (Å²) < 4.78 is 25.4. The van der Waals surface area contributed by atoms with Crippen LogP contribution in [0.15, 0.2) is 50.5 Å². The molecule has 0 amide bonds. The first-order valence-electron chi connectivity index (χ1n) is 11.5.